The van der Waals surface area contributed by atoms with Crippen molar-refractivity contribution in [1.82, 2.24) is 5.32 Å². The molecule has 0 spiro atoms. The van der Waals surface area contributed by atoms with Crippen LogP contribution < -0.4 is 5.32 Å². The summed E-state index contributed by atoms with van der Waals surface area (Å²) in [5.41, 5.74) is -0.745. The molecule has 2 rings (SSSR count). The molecule has 0 amide bonds. The first-order chi connectivity index (χ1) is 12.6. The molecule has 0 heterocycles. The minimum absolute atomic E-state index is 0.0215. The molecule has 2 aromatic rings. The first-order valence-corrected chi connectivity index (χ1v) is 10.5. The van der Waals surface area contributed by atoms with Gasteiger partial charge in [0.15, 0.2) is 21.2 Å². The van der Waals surface area contributed by atoms with Crippen LogP contribution in [0, 0.1) is 11.5 Å². The standard InChI is InChI=1S/C17H14F3N3O2S2/c1-26-16(22-10-21)23-12-5-8-14(15(9-12)17(18,19)20)11-3-6-13(7-4-11)27(2,24)25/h3-9H,1-2H3,(H,22,23). The highest BCUT2D eigenvalue weighted by molar-refractivity contribution is 8.13. The molecule has 27 heavy (non-hydrogen) atoms. The molecule has 0 unspecified atom stereocenters. The molecule has 5 nitrogen and oxygen atoms in total. The van der Waals surface area contributed by atoms with Crippen LogP contribution >= 0.6 is 11.8 Å². The van der Waals surface area contributed by atoms with E-state index in [1.54, 1.807) is 12.4 Å². The quantitative estimate of drug-likeness (QED) is 0.353. The molecule has 142 valence electrons. The molecule has 0 atom stereocenters. The molecule has 0 aromatic heterocycles. The van der Waals surface area contributed by atoms with Gasteiger partial charge >= 0.3 is 6.18 Å². The topological polar surface area (TPSA) is 82.3 Å². The smallest absolute Gasteiger partial charge is 0.271 e. The maximum Gasteiger partial charge on any atom is 0.417 e. The van der Waals surface area contributed by atoms with Crippen LogP contribution in [0.4, 0.5) is 18.9 Å². The van der Waals surface area contributed by atoms with E-state index in [1.807, 2.05) is 0 Å². The third-order valence-electron chi connectivity index (χ3n) is 3.49. The van der Waals surface area contributed by atoms with Gasteiger partial charge in [-0.05, 0) is 41.6 Å². The van der Waals surface area contributed by atoms with Crippen molar-refractivity contribution in [2.75, 3.05) is 12.5 Å². The Morgan fingerprint density at radius 3 is 2.30 bits per heavy atom. The Morgan fingerprint density at radius 1 is 1.19 bits per heavy atom. The summed E-state index contributed by atoms with van der Waals surface area (Å²) in [4.78, 5) is 4.01. The van der Waals surface area contributed by atoms with Crippen molar-refractivity contribution in [3.63, 3.8) is 0 Å². The van der Waals surface area contributed by atoms with E-state index in [0.29, 0.717) is 0 Å². The summed E-state index contributed by atoms with van der Waals surface area (Å²) in [5.74, 6) is 0. The van der Waals surface area contributed by atoms with Crippen LogP contribution in [0.5, 0.6) is 0 Å². The maximum absolute atomic E-state index is 13.5. The van der Waals surface area contributed by atoms with Crippen molar-refractivity contribution < 1.29 is 21.6 Å². The van der Waals surface area contributed by atoms with Crippen molar-refractivity contribution in [3.8, 4) is 17.3 Å². The van der Waals surface area contributed by atoms with Crippen LogP contribution in [0.3, 0.4) is 0 Å². The van der Waals surface area contributed by atoms with Gasteiger partial charge in [-0.3, -0.25) is 5.32 Å². The van der Waals surface area contributed by atoms with E-state index in [9.17, 15) is 21.6 Å². The largest absolute Gasteiger partial charge is 0.417 e. The van der Waals surface area contributed by atoms with E-state index in [0.717, 1.165) is 24.1 Å². The van der Waals surface area contributed by atoms with Gasteiger partial charge in [0.2, 0.25) is 0 Å². The summed E-state index contributed by atoms with van der Waals surface area (Å²) >= 11 is 1.09. The van der Waals surface area contributed by atoms with Crippen molar-refractivity contribution in [2.24, 2.45) is 4.99 Å². The average molecular weight is 413 g/mol. The normalized spacial score (nSPS) is 12.5. The molecule has 0 aliphatic rings. The summed E-state index contributed by atoms with van der Waals surface area (Å²) < 4.78 is 63.6. The highest BCUT2D eigenvalue weighted by atomic mass is 32.2. The van der Waals surface area contributed by atoms with Crippen LogP contribution in [-0.4, -0.2) is 26.1 Å². The SMILES string of the molecule is CSC(=Nc1ccc(-c2ccc(S(C)(=O)=O)cc2)c(C(F)(F)F)c1)NC#N. The first-order valence-electron chi connectivity index (χ1n) is 7.36. The molecule has 0 radical (unpaired) electrons. The number of hydrogen-bond acceptors (Lipinski definition) is 5. The molecule has 0 saturated heterocycles. The Balaban J connectivity index is 2.56. The second kappa shape index (κ2) is 8.02. The lowest BCUT2D eigenvalue weighted by Crippen LogP contribution is -2.12. The van der Waals surface area contributed by atoms with Gasteiger partial charge in [0, 0.05) is 6.26 Å². The number of alkyl halides is 3. The lowest BCUT2D eigenvalue weighted by Gasteiger charge is -2.14. The van der Waals surface area contributed by atoms with Crippen LogP contribution in [0.2, 0.25) is 0 Å². The van der Waals surface area contributed by atoms with Gasteiger partial charge in [-0.15, -0.1) is 0 Å². The fourth-order valence-corrected chi connectivity index (χ4v) is 3.23. The zero-order chi connectivity index (χ0) is 20.2. The molecule has 1 N–H and O–H groups in total. The van der Waals surface area contributed by atoms with Crippen molar-refractivity contribution in [1.29, 1.82) is 5.26 Å². The second-order valence-electron chi connectivity index (χ2n) is 5.38. The van der Waals surface area contributed by atoms with E-state index >= 15 is 0 Å². The van der Waals surface area contributed by atoms with Crippen LogP contribution in [0.1, 0.15) is 5.56 Å². The number of amidine groups is 1. The van der Waals surface area contributed by atoms with Gasteiger partial charge in [0.1, 0.15) is 0 Å². The number of aliphatic imine (C=N–C) groups is 1. The molecule has 0 saturated carbocycles. The van der Waals surface area contributed by atoms with Crippen LogP contribution in [-0.2, 0) is 16.0 Å². The van der Waals surface area contributed by atoms with E-state index < -0.39 is 21.6 Å². The van der Waals surface area contributed by atoms with Gasteiger partial charge in [-0.2, -0.15) is 18.4 Å². The first kappa shape index (κ1) is 20.8. The van der Waals surface area contributed by atoms with Crippen LogP contribution in [0.15, 0.2) is 52.4 Å². The lowest BCUT2D eigenvalue weighted by molar-refractivity contribution is -0.137. The monoisotopic (exact) mass is 413 g/mol. The Morgan fingerprint density at radius 2 is 1.81 bits per heavy atom. The summed E-state index contributed by atoms with van der Waals surface area (Å²) in [6.45, 7) is 0. The van der Waals surface area contributed by atoms with Gasteiger partial charge in [-0.1, -0.05) is 30.0 Å². The summed E-state index contributed by atoms with van der Waals surface area (Å²) in [5, 5.41) is 11.1. The maximum atomic E-state index is 13.5. The van der Waals surface area contributed by atoms with E-state index in [-0.39, 0.29) is 26.9 Å². The third-order valence-corrected chi connectivity index (χ3v) is 5.20. The van der Waals surface area contributed by atoms with Gasteiger partial charge in [0.25, 0.3) is 0 Å². The number of thioether (sulfide) groups is 1. The summed E-state index contributed by atoms with van der Waals surface area (Å²) in [7, 11) is -3.44. The fourth-order valence-electron chi connectivity index (χ4n) is 2.26. The van der Waals surface area contributed by atoms with E-state index in [1.165, 1.54) is 36.4 Å². The Labute approximate surface area is 158 Å². The molecule has 0 bridgehead atoms. The van der Waals surface area contributed by atoms with E-state index in [4.69, 9.17) is 5.26 Å². The molecule has 2 aromatic carbocycles. The Bertz CT molecular complexity index is 1010. The number of nitriles is 1. The summed E-state index contributed by atoms with van der Waals surface area (Å²) in [6, 6.07) is 8.73. The van der Waals surface area contributed by atoms with Gasteiger partial charge < -0.3 is 0 Å². The van der Waals surface area contributed by atoms with Crippen molar-refractivity contribution in [3.05, 3.63) is 48.0 Å². The average Bonchev–Trinajstić information content (AvgIpc) is 2.60. The number of nitrogens with zero attached hydrogens (tertiary/aromatic N) is 2. The zero-order valence-corrected chi connectivity index (χ0v) is 15.8. The van der Waals surface area contributed by atoms with Crippen molar-refractivity contribution in [2.45, 2.75) is 11.1 Å². The predicted octanol–water partition coefficient (Wildman–Crippen LogP) is 4.20. The number of sulfone groups is 1. The zero-order valence-electron chi connectivity index (χ0n) is 14.2. The minimum Gasteiger partial charge on any atom is -0.271 e. The molecular formula is C17H14F3N3O2S2. The third kappa shape index (κ3) is 5.24. The minimum atomic E-state index is -4.64. The number of hydrogen-bond donors (Lipinski definition) is 1. The van der Waals surface area contributed by atoms with Gasteiger partial charge in [-0.25, -0.2) is 13.4 Å². The predicted molar refractivity (Wildman–Crippen MR) is 99.3 cm³/mol. The Hall–Kier alpha value is -2.51. The summed E-state index contributed by atoms with van der Waals surface area (Å²) in [6.07, 6.45) is -0.322. The van der Waals surface area contributed by atoms with Gasteiger partial charge in [0.05, 0.1) is 16.1 Å². The lowest BCUT2D eigenvalue weighted by atomic mass is 9.99. The van der Waals surface area contributed by atoms with Crippen molar-refractivity contribution >= 4 is 32.5 Å². The number of nitrogens with one attached hydrogen (secondary N) is 1. The number of halogens is 3. The molecular weight excluding hydrogens is 399 g/mol. The highest BCUT2D eigenvalue weighted by Gasteiger charge is 2.34. The highest BCUT2D eigenvalue weighted by Crippen LogP contribution is 2.39. The molecule has 10 heteroatoms. The van der Waals surface area contributed by atoms with E-state index in [2.05, 4.69) is 10.3 Å². The fraction of sp³-hybridized carbons (Fsp3) is 0.176. The molecule has 0 aliphatic heterocycles. The molecule has 0 aliphatic carbocycles. The molecule has 0 fully saturated rings. The second-order valence-corrected chi connectivity index (χ2v) is 8.19. The van der Waals surface area contributed by atoms with Crippen LogP contribution in [0.25, 0.3) is 11.1 Å². The number of rotatable bonds is 3. The number of benzene rings is 2. The Kier molecular flexibility index (Phi) is 6.18.